The van der Waals surface area contributed by atoms with Crippen LogP contribution in [0, 0.1) is 5.92 Å². The molecule has 0 saturated heterocycles. The summed E-state index contributed by atoms with van der Waals surface area (Å²) >= 11 is 0. The fourth-order valence-corrected chi connectivity index (χ4v) is 1.44. The van der Waals surface area contributed by atoms with Gasteiger partial charge in [-0.25, -0.2) is 0 Å². The smallest absolute Gasteiger partial charge is 0.321 e. The van der Waals surface area contributed by atoms with E-state index in [9.17, 15) is 22.8 Å². The maximum absolute atomic E-state index is 12.3. The minimum absolute atomic E-state index is 0.0953. The largest absolute Gasteiger partial charge is 0.471 e. The summed E-state index contributed by atoms with van der Waals surface area (Å²) in [6.45, 7) is 5.61. The van der Waals surface area contributed by atoms with Gasteiger partial charge in [0.2, 0.25) is 5.91 Å². The van der Waals surface area contributed by atoms with Crippen molar-refractivity contribution in [2.75, 3.05) is 10.6 Å². The molecule has 0 fully saturated rings. The molecule has 0 bridgehead atoms. The molecule has 22 heavy (non-hydrogen) atoms. The van der Waals surface area contributed by atoms with Gasteiger partial charge in [-0.3, -0.25) is 9.59 Å². The van der Waals surface area contributed by atoms with Gasteiger partial charge >= 0.3 is 12.1 Å². The van der Waals surface area contributed by atoms with Crippen LogP contribution in [0.2, 0.25) is 0 Å². The normalized spacial score (nSPS) is 12.2. The van der Waals surface area contributed by atoms with E-state index in [-0.39, 0.29) is 17.3 Å². The van der Waals surface area contributed by atoms with Crippen molar-refractivity contribution in [1.29, 1.82) is 0 Å². The number of rotatable bonds is 4. The van der Waals surface area contributed by atoms with Crippen LogP contribution in [0.5, 0.6) is 0 Å². The fraction of sp³-hybridized carbons (Fsp3) is 0.333. The topological polar surface area (TPSA) is 58.2 Å². The molecule has 0 unspecified atom stereocenters. The van der Waals surface area contributed by atoms with E-state index in [2.05, 4.69) is 5.32 Å². The molecule has 2 N–H and O–H groups in total. The maximum atomic E-state index is 12.3. The third kappa shape index (κ3) is 5.23. The maximum Gasteiger partial charge on any atom is 0.471 e. The molecule has 0 aliphatic carbocycles. The van der Waals surface area contributed by atoms with Crippen LogP contribution in [-0.4, -0.2) is 18.0 Å². The van der Waals surface area contributed by atoms with Gasteiger partial charge in [-0.1, -0.05) is 31.6 Å². The molecule has 0 radical (unpaired) electrons. The second-order valence-electron chi connectivity index (χ2n) is 5.03. The molecule has 2 amide bonds. The number of alkyl halides is 3. The van der Waals surface area contributed by atoms with E-state index >= 15 is 0 Å². The lowest BCUT2D eigenvalue weighted by Crippen LogP contribution is -2.30. The van der Waals surface area contributed by atoms with Gasteiger partial charge in [-0.15, -0.1) is 0 Å². The van der Waals surface area contributed by atoms with Crippen LogP contribution in [-0.2, 0) is 9.59 Å². The quantitative estimate of drug-likeness (QED) is 0.832. The molecule has 7 heteroatoms. The number of para-hydroxylation sites is 2. The summed E-state index contributed by atoms with van der Waals surface area (Å²) in [5, 5.41) is 4.19. The van der Waals surface area contributed by atoms with Crippen molar-refractivity contribution >= 4 is 23.2 Å². The van der Waals surface area contributed by atoms with Crippen molar-refractivity contribution in [1.82, 2.24) is 0 Å². The van der Waals surface area contributed by atoms with E-state index in [4.69, 9.17) is 0 Å². The van der Waals surface area contributed by atoms with Crippen molar-refractivity contribution in [2.45, 2.75) is 26.9 Å². The Bertz CT molecular complexity index is 593. The molecule has 0 aliphatic heterocycles. The fourth-order valence-electron chi connectivity index (χ4n) is 1.44. The molecule has 0 spiro atoms. The zero-order chi connectivity index (χ0) is 16.9. The van der Waals surface area contributed by atoms with E-state index in [0.717, 1.165) is 5.57 Å². The summed E-state index contributed by atoms with van der Waals surface area (Å²) in [7, 11) is 0. The Morgan fingerprint density at radius 3 is 2.05 bits per heavy atom. The minimum Gasteiger partial charge on any atom is -0.321 e. The van der Waals surface area contributed by atoms with Crippen LogP contribution in [0.25, 0.3) is 0 Å². The second kappa shape index (κ2) is 7.11. The first-order valence-corrected chi connectivity index (χ1v) is 6.57. The predicted octanol–water partition coefficient (Wildman–Crippen LogP) is 3.73. The Kier molecular flexibility index (Phi) is 5.73. The SMILES string of the molecule is C/C(=C\C(=O)Nc1ccccc1NC(=O)C(F)(F)F)C(C)C. The number of allylic oxidation sites excluding steroid dienone is 1. The number of carbonyl (C=O) groups is 2. The first-order valence-electron chi connectivity index (χ1n) is 6.57. The summed E-state index contributed by atoms with van der Waals surface area (Å²) in [6, 6.07) is 5.68. The van der Waals surface area contributed by atoms with Crippen molar-refractivity contribution < 1.29 is 22.8 Å². The van der Waals surface area contributed by atoms with Gasteiger partial charge in [0.15, 0.2) is 0 Å². The molecule has 0 aliphatic rings. The summed E-state index contributed by atoms with van der Waals surface area (Å²) in [5.41, 5.74) is 0.806. The van der Waals surface area contributed by atoms with E-state index < -0.39 is 18.0 Å². The minimum atomic E-state index is -4.99. The number of benzene rings is 1. The molecule has 0 atom stereocenters. The Hall–Kier alpha value is -2.31. The van der Waals surface area contributed by atoms with Gasteiger partial charge in [0.25, 0.3) is 0 Å². The summed E-state index contributed by atoms with van der Waals surface area (Å²) in [6.07, 6.45) is -3.63. The molecule has 0 aromatic heterocycles. The molecule has 120 valence electrons. The third-order valence-electron chi connectivity index (χ3n) is 2.96. The second-order valence-corrected chi connectivity index (χ2v) is 5.03. The standard InChI is InChI=1S/C15H17F3N2O2/c1-9(2)10(3)8-13(21)19-11-6-4-5-7-12(11)20-14(22)15(16,17)18/h4-9H,1-3H3,(H,19,21)(H,20,22)/b10-8+. The molecule has 4 nitrogen and oxygen atoms in total. The van der Waals surface area contributed by atoms with Crippen molar-refractivity contribution in [3.05, 3.63) is 35.9 Å². The third-order valence-corrected chi connectivity index (χ3v) is 2.96. The van der Waals surface area contributed by atoms with Gasteiger partial charge in [-0.05, 0) is 25.0 Å². The lowest BCUT2D eigenvalue weighted by Gasteiger charge is -2.13. The van der Waals surface area contributed by atoms with Gasteiger partial charge in [-0.2, -0.15) is 13.2 Å². The van der Waals surface area contributed by atoms with Crippen molar-refractivity contribution in [3.63, 3.8) is 0 Å². The molecule has 1 aromatic rings. The van der Waals surface area contributed by atoms with Crippen molar-refractivity contribution in [3.8, 4) is 0 Å². The number of carbonyl (C=O) groups excluding carboxylic acids is 2. The zero-order valence-corrected chi connectivity index (χ0v) is 12.4. The van der Waals surface area contributed by atoms with Gasteiger partial charge in [0.05, 0.1) is 11.4 Å². The monoisotopic (exact) mass is 314 g/mol. The highest BCUT2D eigenvalue weighted by Crippen LogP contribution is 2.24. The molecular weight excluding hydrogens is 297 g/mol. The lowest BCUT2D eigenvalue weighted by molar-refractivity contribution is -0.167. The van der Waals surface area contributed by atoms with Crippen LogP contribution >= 0.6 is 0 Å². The summed E-state index contributed by atoms with van der Waals surface area (Å²) in [5.74, 6) is -2.39. The van der Waals surface area contributed by atoms with Crippen LogP contribution in [0.1, 0.15) is 20.8 Å². The molecule has 0 heterocycles. The highest BCUT2D eigenvalue weighted by molar-refractivity contribution is 6.04. The highest BCUT2D eigenvalue weighted by atomic mass is 19.4. The number of hydrogen-bond donors (Lipinski definition) is 2. The Balaban J connectivity index is 2.91. The number of anilines is 2. The molecular formula is C15H17F3N2O2. The van der Waals surface area contributed by atoms with Crippen LogP contribution in [0.4, 0.5) is 24.5 Å². The summed E-state index contributed by atoms with van der Waals surface area (Å²) < 4.78 is 36.8. The Labute approximate surface area is 126 Å². The van der Waals surface area contributed by atoms with E-state index in [1.54, 1.807) is 12.2 Å². The lowest BCUT2D eigenvalue weighted by atomic mass is 10.1. The van der Waals surface area contributed by atoms with Crippen molar-refractivity contribution in [2.24, 2.45) is 5.92 Å². The first kappa shape index (κ1) is 17.7. The highest BCUT2D eigenvalue weighted by Gasteiger charge is 2.38. The zero-order valence-electron chi connectivity index (χ0n) is 12.4. The number of halogens is 3. The number of hydrogen-bond acceptors (Lipinski definition) is 2. The Morgan fingerprint density at radius 2 is 1.59 bits per heavy atom. The van der Waals surface area contributed by atoms with E-state index in [1.807, 2.05) is 13.8 Å². The van der Waals surface area contributed by atoms with Crippen LogP contribution in [0.3, 0.4) is 0 Å². The van der Waals surface area contributed by atoms with Crippen LogP contribution in [0.15, 0.2) is 35.9 Å². The van der Waals surface area contributed by atoms with Gasteiger partial charge in [0.1, 0.15) is 0 Å². The number of amides is 2. The predicted molar refractivity (Wildman–Crippen MR) is 78.4 cm³/mol. The average molecular weight is 314 g/mol. The summed E-state index contributed by atoms with van der Waals surface area (Å²) in [4.78, 5) is 22.8. The van der Waals surface area contributed by atoms with Gasteiger partial charge < -0.3 is 10.6 Å². The van der Waals surface area contributed by atoms with Gasteiger partial charge in [0, 0.05) is 6.08 Å². The van der Waals surface area contributed by atoms with E-state index in [1.165, 1.54) is 30.3 Å². The van der Waals surface area contributed by atoms with E-state index in [0.29, 0.717) is 0 Å². The Morgan fingerprint density at radius 1 is 1.09 bits per heavy atom. The first-order chi connectivity index (χ1) is 10.1. The number of nitrogens with one attached hydrogen (secondary N) is 2. The van der Waals surface area contributed by atoms with Crippen LogP contribution < -0.4 is 10.6 Å². The molecule has 1 aromatic carbocycles. The molecule has 1 rings (SSSR count). The average Bonchev–Trinajstić information content (AvgIpc) is 2.39. The molecule has 0 saturated carbocycles.